The lowest BCUT2D eigenvalue weighted by Gasteiger charge is -2.18. The molecule has 0 fully saturated rings. The van der Waals surface area contributed by atoms with E-state index in [2.05, 4.69) is 5.32 Å². The third-order valence-electron chi connectivity index (χ3n) is 2.91. The number of anilines is 1. The second-order valence-corrected chi connectivity index (χ2v) is 4.79. The van der Waals surface area contributed by atoms with E-state index in [9.17, 15) is 4.79 Å². The number of nitrogens with two attached hydrogens (primary N) is 1. The molecule has 3 nitrogen and oxygen atoms in total. The molecule has 0 radical (unpaired) electrons. The van der Waals surface area contributed by atoms with E-state index in [1.54, 1.807) is 18.2 Å². The van der Waals surface area contributed by atoms with Crippen molar-refractivity contribution in [3.8, 4) is 0 Å². The third-order valence-corrected chi connectivity index (χ3v) is 3.15. The van der Waals surface area contributed by atoms with E-state index in [4.69, 9.17) is 17.3 Å². The number of halogens is 1. The van der Waals surface area contributed by atoms with Crippen LogP contribution in [-0.2, 0) is 4.79 Å². The van der Waals surface area contributed by atoms with Crippen LogP contribution in [0.2, 0.25) is 5.02 Å². The number of primary amides is 1. The standard InChI is InChI=1S/C15H15ClN2O/c1-10-5-2-3-8-13(10)18-14(15(17)19)11-6-4-7-12(16)9-11/h2-9,14,18H,1H3,(H2,17,19). The van der Waals surface area contributed by atoms with Gasteiger partial charge in [0.05, 0.1) is 0 Å². The molecule has 0 aromatic heterocycles. The van der Waals surface area contributed by atoms with Crippen molar-refractivity contribution in [2.45, 2.75) is 13.0 Å². The zero-order valence-electron chi connectivity index (χ0n) is 10.6. The van der Waals surface area contributed by atoms with Crippen LogP contribution in [0.15, 0.2) is 48.5 Å². The average Bonchev–Trinajstić information content (AvgIpc) is 2.37. The minimum atomic E-state index is -0.597. The monoisotopic (exact) mass is 274 g/mol. The minimum absolute atomic E-state index is 0.439. The first-order chi connectivity index (χ1) is 9.08. The summed E-state index contributed by atoms with van der Waals surface area (Å²) in [6.07, 6.45) is 0. The summed E-state index contributed by atoms with van der Waals surface area (Å²) in [5.41, 5.74) is 8.16. The SMILES string of the molecule is Cc1ccccc1NC(C(N)=O)c1cccc(Cl)c1. The average molecular weight is 275 g/mol. The van der Waals surface area contributed by atoms with Crippen LogP contribution in [-0.4, -0.2) is 5.91 Å². The van der Waals surface area contributed by atoms with Gasteiger partial charge in [-0.25, -0.2) is 0 Å². The zero-order chi connectivity index (χ0) is 13.8. The van der Waals surface area contributed by atoms with Gasteiger partial charge in [0, 0.05) is 10.7 Å². The summed E-state index contributed by atoms with van der Waals surface area (Å²) in [5.74, 6) is -0.439. The highest BCUT2D eigenvalue weighted by atomic mass is 35.5. The van der Waals surface area contributed by atoms with E-state index in [0.29, 0.717) is 5.02 Å². The van der Waals surface area contributed by atoms with Gasteiger partial charge >= 0.3 is 0 Å². The van der Waals surface area contributed by atoms with Crippen molar-refractivity contribution in [3.63, 3.8) is 0 Å². The lowest BCUT2D eigenvalue weighted by Crippen LogP contribution is -2.27. The van der Waals surface area contributed by atoms with E-state index in [1.807, 2.05) is 37.3 Å². The number of hydrogen-bond acceptors (Lipinski definition) is 2. The van der Waals surface area contributed by atoms with Gasteiger partial charge in [0.15, 0.2) is 0 Å². The first-order valence-corrected chi connectivity index (χ1v) is 6.32. The van der Waals surface area contributed by atoms with E-state index in [-0.39, 0.29) is 0 Å². The Morgan fingerprint density at radius 3 is 2.58 bits per heavy atom. The Labute approximate surface area is 117 Å². The highest BCUT2D eigenvalue weighted by Gasteiger charge is 2.18. The second-order valence-electron chi connectivity index (χ2n) is 4.35. The van der Waals surface area contributed by atoms with Gasteiger partial charge in [-0.3, -0.25) is 4.79 Å². The summed E-state index contributed by atoms with van der Waals surface area (Å²) >= 11 is 5.95. The van der Waals surface area contributed by atoms with Gasteiger partial charge in [-0.2, -0.15) is 0 Å². The largest absolute Gasteiger partial charge is 0.370 e. The minimum Gasteiger partial charge on any atom is -0.370 e. The molecule has 0 aliphatic rings. The molecule has 1 unspecified atom stereocenters. The van der Waals surface area contributed by atoms with Crippen LogP contribution in [0.4, 0.5) is 5.69 Å². The maximum absolute atomic E-state index is 11.6. The van der Waals surface area contributed by atoms with Crippen molar-refractivity contribution >= 4 is 23.2 Å². The predicted octanol–water partition coefficient (Wildman–Crippen LogP) is 3.29. The lowest BCUT2D eigenvalue weighted by atomic mass is 10.1. The van der Waals surface area contributed by atoms with Crippen LogP contribution in [0, 0.1) is 6.92 Å². The van der Waals surface area contributed by atoms with Crippen LogP contribution >= 0.6 is 11.6 Å². The molecule has 0 saturated carbocycles. The Morgan fingerprint density at radius 2 is 1.95 bits per heavy atom. The Kier molecular flexibility index (Phi) is 4.07. The maximum atomic E-state index is 11.6. The molecule has 4 heteroatoms. The lowest BCUT2D eigenvalue weighted by molar-refractivity contribution is -0.118. The van der Waals surface area contributed by atoms with Gasteiger partial charge in [0.25, 0.3) is 0 Å². The molecule has 1 amide bonds. The molecule has 19 heavy (non-hydrogen) atoms. The summed E-state index contributed by atoms with van der Waals surface area (Å²) in [6, 6.07) is 14.3. The summed E-state index contributed by atoms with van der Waals surface area (Å²) in [5, 5.41) is 3.74. The summed E-state index contributed by atoms with van der Waals surface area (Å²) in [4.78, 5) is 11.6. The van der Waals surface area contributed by atoms with E-state index >= 15 is 0 Å². The highest BCUT2D eigenvalue weighted by Crippen LogP contribution is 2.23. The first-order valence-electron chi connectivity index (χ1n) is 5.95. The summed E-state index contributed by atoms with van der Waals surface area (Å²) in [7, 11) is 0. The molecule has 2 aromatic rings. The normalized spacial score (nSPS) is 11.9. The van der Waals surface area contributed by atoms with Gasteiger partial charge in [-0.15, -0.1) is 0 Å². The second kappa shape index (κ2) is 5.76. The van der Waals surface area contributed by atoms with Crippen LogP contribution in [0.1, 0.15) is 17.2 Å². The van der Waals surface area contributed by atoms with E-state index in [0.717, 1.165) is 16.8 Å². The topological polar surface area (TPSA) is 55.1 Å². The fraction of sp³-hybridized carbons (Fsp3) is 0.133. The number of para-hydroxylation sites is 1. The number of benzene rings is 2. The van der Waals surface area contributed by atoms with Gasteiger partial charge in [-0.1, -0.05) is 41.9 Å². The molecule has 2 rings (SSSR count). The molecule has 98 valence electrons. The van der Waals surface area contributed by atoms with Crippen molar-refractivity contribution in [1.29, 1.82) is 0 Å². The van der Waals surface area contributed by atoms with Crippen LogP contribution < -0.4 is 11.1 Å². The van der Waals surface area contributed by atoms with Crippen molar-refractivity contribution in [2.24, 2.45) is 5.73 Å². The van der Waals surface area contributed by atoms with Crippen molar-refractivity contribution in [2.75, 3.05) is 5.32 Å². The number of rotatable bonds is 4. The Morgan fingerprint density at radius 1 is 1.21 bits per heavy atom. The fourth-order valence-electron chi connectivity index (χ4n) is 1.90. The molecule has 0 spiro atoms. The summed E-state index contributed by atoms with van der Waals surface area (Å²) < 4.78 is 0. The van der Waals surface area contributed by atoms with E-state index < -0.39 is 11.9 Å². The Hall–Kier alpha value is -2.00. The molecule has 3 N–H and O–H groups in total. The van der Waals surface area contributed by atoms with Gasteiger partial charge in [0.1, 0.15) is 6.04 Å². The van der Waals surface area contributed by atoms with Crippen LogP contribution in [0.3, 0.4) is 0 Å². The van der Waals surface area contributed by atoms with Crippen LogP contribution in [0.5, 0.6) is 0 Å². The molecule has 0 saturated heterocycles. The number of carbonyl (C=O) groups excluding carboxylic acids is 1. The molecule has 1 atom stereocenters. The zero-order valence-corrected chi connectivity index (χ0v) is 11.3. The number of nitrogens with one attached hydrogen (secondary N) is 1. The third kappa shape index (κ3) is 3.26. The molecule has 2 aromatic carbocycles. The molecule has 0 aliphatic carbocycles. The number of amides is 1. The molecular weight excluding hydrogens is 260 g/mol. The first kappa shape index (κ1) is 13.4. The number of carbonyl (C=O) groups is 1. The molecular formula is C15H15ClN2O. The maximum Gasteiger partial charge on any atom is 0.244 e. The highest BCUT2D eigenvalue weighted by molar-refractivity contribution is 6.30. The Balaban J connectivity index is 2.32. The van der Waals surface area contributed by atoms with Gasteiger partial charge in [-0.05, 0) is 36.2 Å². The molecule has 0 aliphatic heterocycles. The summed E-state index contributed by atoms with van der Waals surface area (Å²) in [6.45, 7) is 1.97. The smallest absolute Gasteiger partial charge is 0.244 e. The fourth-order valence-corrected chi connectivity index (χ4v) is 2.09. The number of aryl methyl sites for hydroxylation is 1. The van der Waals surface area contributed by atoms with E-state index in [1.165, 1.54) is 0 Å². The Bertz CT molecular complexity index is 598. The van der Waals surface area contributed by atoms with Crippen molar-refractivity contribution in [1.82, 2.24) is 0 Å². The quantitative estimate of drug-likeness (QED) is 0.899. The van der Waals surface area contributed by atoms with Crippen molar-refractivity contribution in [3.05, 3.63) is 64.7 Å². The molecule has 0 heterocycles. The number of hydrogen-bond donors (Lipinski definition) is 2. The van der Waals surface area contributed by atoms with Gasteiger partial charge < -0.3 is 11.1 Å². The molecule has 0 bridgehead atoms. The van der Waals surface area contributed by atoms with Crippen LogP contribution in [0.25, 0.3) is 0 Å². The van der Waals surface area contributed by atoms with Crippen molar-refractivity contribution < 1.29 is 4.79 Å². The van der Waals surface area contributed by atoms with Gasteiger partial charge in [0.2, 0.25) is 5.91 Å². The predicted molar refractivity (Wildman–Crippen MR) is 78.2 cm³/mol.